The minimum atomic E-state index is -1.02. The molecule has 0 aliphatic heterocycles. The number of anilines is 1. The van der Waals surface area contributed by atoms with E-state index in [2.05, 4.69) is 0 Å². The van der Waals surface area contributed by atoms with E-state index in [0.717, 1.165) is 0 Å². The van der Waals surface area contributed by atoms with Crippen molar-refractivity contribution in [2.24, 2.45) is 0 Å². The summed E-state index contributed by atoms with van der Waals surface area (Å²) >= 11 is 0. The van der Waals surface area contributed by atoms with E-state index in [4.69, 9.17) is 15.3 Å². The highest BCUT2D eigenvalue weighted by atomic mass is 16.4. The molecule has 0 amide bonds. The minimum Gasteiger partial charge on any atom is -0.478 e. The van der Waals surface area contributed by atoms with Crippen molar-refractivity contribution < 1.29 is 14.3 Å². The molecule has 0 aromatic carbocycles. The number of hydrogen-bond acceptors (Lipinski definition) is 3. The fourth-order valence-electron chi connectivity index (χ4n) is 0.717. The first kappa shape index (κ1) is 6.67. The number of hydrogen-bond donors (Lipinski definition) is 2. The molecule has 4 nitrogen and oxygen atoms in total. The van der Waals surface area contributed by atoms with E-state index in [1.807, 2.05) is 0 Å². The van der Waals surface area contributed by atoms with Gasteiger partial charge in [-0.3, -0.25) is 0 Å². The molecule has 1 aromatic rings. The zero-order chi connectivity index (χ0) is 7.72. The molecule has 1 aromatic heterocycles. The van der Waals surface area contributed by atoms with Gasteiger partial charge in [0, 0.05) is 6.07 Å². The van der Waals surface area contributed by atoms with E-state index in [1.165, 1.54) is 6.07 Å². The molecule has 0 saturated heterocycles. The first-order valence-corrected chi connectivity index (χ1v) is 2.70. The monoisotopic (exact) mass is 141 g/mol. The summed E-state index contributed by atoms with van der Waals surface area (Å²) in [5, 5.41) is 8.46. The summed E-state index contributed by atoms with van der Waals surface area (Å²) in [5.74, 6) is -0.544. The molecule has 0 aliphatic rings. The number of carboxylic acid groups (broad SMARTS) is 1. The molecule has 1 rings (SSSR count). The normalized spacial score (nSPS) is 9.70. The van der Waals surface area contributed by atoms with Gasteiger partial charge in [-0.05, 0) is 6.92 Å². The fraction of sp³-hybridized carbons (Fsp3) is 0.167. The molecular weight excluding hydrogens is 134 g/mol. The minimum absolute atomic E-state index is 0.123. The van der Waals surface area contributed by atoms with Crippen LogP contribution in [0.5, 0.6) is 0 Å². The molecular formula is C6H7NO3. The Bertz CT molecular complexity index is 264. The zero-order valence-electron chi connectivity index (χ0n) is 5.42. The van der Waals surface area contributed by atoms with E-state index in [9.17, 15) is 4.79 Å². The molecule has 0 bridgehead atoms. The second-order valence-corrected chi connectivity index (χ2v) is 1.92. The number of furan rings is 1. The van der Waals surface area contributed by atoms with Crippen molar-refractivity contribution in [2.45, 2.75) is 6.92 Å². The van der Waals surface area contributed by atoms with Crippen LogP contribution in [0.4, 0.5) is 5.88 Å². The maximum absolute atomic E-state index is 10.3. The standard InChI is InChI=1S/C6H7NO3/c1-3-4(6(8)9)2-5(7)10-3/h2H,7H2,1H3,(H,8,9). The largest absolute Gasteiger partial charge is 0.478 e. The molecule has 54 valence electrons. The van der Waals surface area contributed by atoms with Gasteiger partial charge in [0.25, 0.3) is 0 Å². The van der Waals surface area contributed by atoms with Crippen molar-refractivity contribution in [3.05, 3.63) is 17.4 Å². The summed E-state index contributed by atoms with van der Waals surface area (Å²) in [5.41, 5.74) is 5.31. The summed E-state index contributed by atoms with van der Waals surface area (Å²) in [4.78, 5) is 10.3. The lowest BCUT2D eigenvalue weighted by molar-refractivity contribution is 0.0695. The molecule has 4 heteroatoms. The number of nitrogen functional groups attached to an aromatic ring is 1. The van der Waals surface area contributed by atoms with Gasteiger partial charge >= 0.3 is 5.97 Å². The third-order valence-corrected chi connectivity index (χ3v) is 1.17. The van der Waals surface area contributed by atoms with Crippen LogP contribution in [0, 0.1) is 6.92 Å². The Balaban J connectivity index is 3.15. The predicted molar refractivity (Wildman–Crippen MR) is 34.8 cm³/mol. The van der Waals surface area contributed by atoms with E-state index in [1.54, 1.807) is 6.92 Å². The Morgan fingerprint density at radius 2 is 2.40 bits per heavy atom. The van der Waals surface area contributed by atoms with Crippen molar-refractivity contribution in [3.8, 4) is 0 Å². The van der Waals surface area contributed by atoms with Crippen LogP contribution in [0.15, 0.2) is 10.5 Å². The van der Waals surface area contributed by atoms with Crippen LogP contribution in [0.3, 0.4) is 0 Å². The summed E-state index contributed by atoms with van der Waals surface area (Å²) in [7, 11) is 0. The van der Waals surface area contributed by atoms with Crippen LogP contribution >= 0.6 is 0 Å². The summed E-state index contributed by atoms with van der Waals surface area (Å²) < 4.78 is 4.77. The molecule has 0 fully saturated rings. The number of carboxylic acids is 1. The first-order chi connectivity index (χ1) is 4.61. The SMILES string of the molecule is Cc1oc(N)cc1C(=O)O. The van der Waals surface area contributed by atoms with E-state index >= 15 is 0 Å². The average molecular weight is 141 g/mol. The number of aromatic carboxylic acids is 1. The quantitative estimate of drug-likeness (QED) is 0.608. The van der Waals surface area contributed by atoms with Gasteiger partial charge in [0.2, 0.25) is 0 Å². The van der Waals surface area contributed by atoms with E-state index < -0.39 is 5.97 Å². The van der Waals surface area contributed by atoms with Crippen LogP contribution in [0.2, 0.25) is 0 Å². The van der Waals surface area contributed by atoms with Gasteiger partial charge in [0.15, 0.2) is 5.88 Å². The molecule has 0 atom stereocenters. The smallest absolute Gasteiger partial charge is 0.339 e. The molecule has 0 spiro atoms. The lowest BCUT2D eigenvalue weighted by Gasteiger charge is -1.84. The number of carbonyl (C=O) groups is 1. The second kappa shape index (κ2) is 2.06. The van der Waals surface area contributed by atoms with Gasteiger partial charge in [-0.25, -0.2) is 4.79 Å². The van der Waals surface area contributed by atoms with E-state index in [0.29, 0.717) is 5.76 Å². The third-order valence-electron chi connectivity index (χ3n) is 1.17. The third kappa shape index (κ3) is 0.953. The lowest BCUT2D eigenvalue weighted by atomic mass is 10.3. The van der Waals surface area contributed by atoms with Crippen LogP contribution in [-0.4, -0.2) is 11.1 Å². The predicted octanol–water partition coefficient (Wildman–Crippen LogP) is 0.868. The van der Waals surface area contributed by atoms with Crippen molar-refractivity contribution in [2.75, 3.05) is 5.73 Å². The second-order valence-electron chi connectivity index (χ2n) is 1.92. The molecule has 0 saturated carbocycles. The average Bonchev–Trinajstić information content (AvgIpc) is 2.10. The van der Waals surface area contributed by atoms with Gasteiger partial charge in [-0.1, -0.05) is 0 Å². The summed E-state index contributed by atoms with van der Waals surface area (Å²) in [6, 6.07) is 1.29. The Kier molecular flexibility index (Phi) is 1.37. The van der Waals surface area contributed by atoms with Crippen LogP contribution in [-0.2, 0) is 0 Å². The first-order valence-electron chi connectivity index (χ1n) is 2.70. The summed E-state index contributed by atoms with van der Waals surface area (Å²) in [6.45, 7) is 1.56. The van der Waals surface area contributed by atoms with E-state index in [-0.39, 0.29) is 11.4 Å². The Labute approximate surface area is 57.3 Å². The maximum atomic E-state index is 10.3. The number of nitrogens with two attached hydrogens (primary N) is 1. The van der Waals surface area contributed by atoms with Crippen molar-refractivity contribution >= 4 is 11.9 Å². The molecule has 10 heavy (non-hydrogen) atoms. The molecule has 1 heterocycles. The van der Waals surface area contributed by atoms with Crippen molar-refractivity contribution in [1.82, 2.24) is 0 Å². The van der Waals surface area contributed by atoms with Crippen molar-refractivity contribution in [1.29, 1.82) is 0 Å². The molecule has 3 N–H and O–H groups in total. The molecule has 0 radical (unpaired) electrons. The molecule has 0 unspecified atom stereocenters. The van der Waals surface area contributed by atoms with Crippen LogP contribution in [0.25, 0.3) is 0 Å². The highest BCUT2D eigenvalue weighted by molar-refractivity contribution is 5.89. The van der Waals surface area contributed by atoms with Crippen LogP contribution < -0.4 is 5.73 Å². The van der Waals surface area contributed by atoms with Crippen molar-refractivity contribution in [3.63, 3.8) is 0 Å². The van der Waals surface area contributed by atoms with Crippen LogP contribution in [0.1, 0.15) is 16.1 Å². The number of rotatable bonds is 1. The zero-order valence-corrected chi connectivity index (χ0v) is 5.42. The molecule has 0 aliphatic carbocycles. The summed E-state index contributed by atoms with van der Waals surface area (Å²) in [6.07, 6.45) is 0. The van der Waals surface area contributed by atoms with Gasteiger partial charge in [0.05, 0.1) is 0 Å². The Morgan fingerprint density at radius 1 is 1.80 bits per heavy atom. The fourth-order valence-corrected chi connectivity index (χ4v) is 0.717. The Morgan fingerprint density at radius 3 is 2.60 bits per heavy atom. The number of aryl methyl sites for hydroxylation is 1. The lowest BCUT2D eigenvalue weighted by Crippen LogP contribution is -1.94. The Hall–Kier alpha value is -1.45. The van der Waals surface area contributed by atoms with Gasteiger partial charge in [-0.2, -0.15) is 0 Å². The van der Waals surface area contributed by atoms with Gasteiger partial charge in [0.1, 0.15) is 11.3 Å². The topological polar surface area (TPSA) is 76.5 Å². The highest BCUT2D eigenvalue weighted by Crippen LogP contribution is 2.15. The van der Waals surface area contributed by atoms with Gasteiger partial charge < -0.3 is 15.3 Å². The highest BCUT2D eigenvalue weighted by Gasteiger charge is 2.10. The van der Waals surface area contributed by atoms with Gasteiger partial charge in [-0.15, -0.1) is 0 Å². The maximum Gasteiger partial charge on any atom is 0.339 e.